The molecule has 1 aromatic carbocycles. The summed E-state index contributed by atoms with van der Waals surface area (Å²) in [4.78, 5) is 30.5. The summed E-state index contributed by atoms with van der Waals surface area (Å²) in [6, 6.07) is 1.94. The summed E-state index contributed by atoms with van der Waals surface area (Å²) < 4.78 is 4.26. The first-order chi connectivity index (χ1) is 8.38. The minimum absolute atomic E-state index is 0.289. The number of rotatable bonds is 3. The van der Waals surface area contributed by atoms with Crippen LogP contribution in [-0.4, -0.2) is 23.0 Å². The first-order valence-electron chi connectivity index (χ1n) is 4.34. The number of hydrogen-bond acceptors (Lipinski definition) is 6. The molecule has 10 heteroatoms. The van der Waals surface area contributed by atoms with Crippen LogP contribution in [0.4, 0.5) is 21.9 Å². The van der Waals surface area contributed by atoms with Crippen molar-refractivity contribution in [3.8, 4) is 0 Å². The second-order valence-electron chi connectivity index (χ2n) is 2.93. The van der Waals surface area contributed by atoms with Crippen LogP contribution >= 0.6 is 11.6 Å². The standard InChI is InChI=1S/C8H6ClN3O6/c1-18-8(13)10-4-2-3-5(11(14)15)6(9)7(4)12(16)17/h2-3H,1H3,(H,10,13). The average Bonchev–Trinajstić information content (AvgIpc) is 2.27. The van der Waals surface area contributed by atoms with Crippen LogP contribution in [0.25, 0.3) is 0 Å². The number of nitro benzene ring substituents is 2. The maximum Gasteiger partial charge on any atom is 0.411 e. The second kappa shape index (κ2) is 5.27. The number of nitro groups is 2. The van der Waals surface area contributed by atoms with Crippen LogP contribution < -0.4 is 5.32 Å². The lowest BCUT2D eigenvalue weighted by Crippen LogP contribution is -2.12. The van der Waals surface area contributed by atoms with E-state index in [2.05, 4.69) is 4.74 Å². The van der Waals surface area contributed by atoms with Crippen LogP contribution in [-0.2, 0) is 4.74 Å². The quantitative estimate of drug-likeness (QED) is 0.666. The first-order valence-corrected chi connectivity index (χ1v) is 4.72. The lowest BCUT2D eigenvalue weighted by molar-refractivity contribution is -0.393. The molecule has 0 aliphatic carbocycles. The maximum atomic E-state index is 11.0. The zero-order valence-electron chi connectivity index (χ0n) is 8.88. The molecule has 1 rings (SSSR count). The highest BCUT2D eigenvalue weighted by Gasteiger charge is 2.28. The van der Waals surface area contributed by atoms with E-state index >= 15 is 0 Å². The summed E-state index contributed by atoms with van der Waals surface area (Å²) in [6.07, 6.45) is -0.956. The number of carbonyl (C=O) groups is 1. The van der Waals surface area contributed by atoms with Gasteiger partial charge in [-0.05, 0) is 6.07 Å². The van der Waals surface area contributed by atoms with Gasteiger partial charge in [-0.2, -0.15) is 0 Å². The Balaban J connectivity index is 3.37. The highest BCUT2D eigenvalue weighted by atomic mass is 35.5. The van der Waals surface area contributed by atoms with E-state index in [9.17, 15) is 25.0 Å². The van der Waals surface area contributed by atoms with Crippen molar-refractivity contribution in [3.05, 3.63) is 37.4 Å². The van der Waals surface area contributed by atoms with Gasteiger partial charge in [0.1, 0.15) is 5.69 Å². The molecule has 0 aliphatic heterocycles. The fourth-order valence-corrected chi connectivity index (χ4v) is 1.44. The minimum Gasteiger partial charge on any atom is -0.453 e. The van der Waals surface area contributed by atoms with Crippen molar-refractivity contribution in [3.63, 3.8) is 0 Å². The molecule has 1 amide bonds. The first kappa shape index (κ1) is 13.6. The predicted molar refractivity (Wildman–Crippen MR) is 60.8 cm³/mol. The third-order valence-electron chi connectivity index (χ3n) is 1.90. The molecule has 0 radical (unpaired) electrons. The van der Waals surface area contributed by atoms with Crippen molar-refractivity contribution in [2.75, 3.05) is 12.4 Å². The third-order valence-corrected chi connectivity index (χ3v) is 2.27. The highest BCUT2D eigenvalue weighted by Crippen LogP contribution is 2.39. The van der Waals surface area contributed by atoms with E-state index in [1.807, 2.05) is 5.32 Å². The summed E-state index contributed by atoms with van der Waals surface area (Å²) in [5.74, 6) is 0. The highest BCUT2D eigenvalue weighted by molar-refractivity contribution is 6.35. The average molecular weight is 276 g/mol. The molecule has 0 atom stereocenters. The van der Waals surface area contributed by atoms with Gasteiger partial charge in [0.25, 0.3) is 5.69 Å². The number of hydrogen-bond donors (Lipinski definition) is 1. The van der Waals surface area contributed by atoms with Crippen molar-refractivity contribution in [1.82, 2.24) is 0 Å². The molecule has 0 aromatic heterocycles. The molecule has 0 heterocycles. The summed E-state index contributed by atoms with van der Waals surface area (Å²) in [5, 5.41) is 22.7. The Kier molecular flexibility index (Phi) is 4.00. The Bertz CT molecular complexity index is 532. The number of halogens is 1. The largest absolute Gasteiger partial charge is 0.453 e. The molecule has 18 heavy (non-hydrogen) atoms. The lowest BCUT2D eigenvalue weighted by atomic mass is 10.2. The van der Waals surface area contributed by atoms with E-state index in [1.54, 1.807) is 0 Å². The molecule has 0 saturated heterocycles. The number of methoxy groups -OCH3 is 1. The molecule has 0 bridgehead atoms. The number of carbonyl (C=O) groups excluding carboxylic acids is 1. The number of benzene rings is 1. The Labute approximate surface area is 105 Å². The number of amides is 1. The van der Waals surface area contributed by atoms with E-state index in [0.29, 0.717) is 0 Å². The number of nitrogens with zero attached hydrogens (tertiary/aromatic N) is 2. The summed E-state index contributed by atoms with van der Waals surface area (Å²) in [7, 11) is 1.06. The van der Waals surface area contributed by atoms with Crippen LogP contribution in [0.2, 0.25) is 5.02 Å². The van der Waals surface area contributed by atoms with Crippen LogP contribution in [0.1, 0.15) is 0 Å². The Hall–Kier alpha value is -2.42. The molecule has 0 fully saturated rings. The van der Waals surface area contributed by atoms with Crippen molar-refractivity contribution in [2.45, 2.75) is 0 Å². The monoisotopic (exact) mass is 275 g/mol. The lowest BCUT2D eigenvalue weighted by Gasteiger charge is -2.05. The molecule has 0 unspecified atom stereocenters. The van der Waals surface area contributed by atoms with E-state index in [-0.39, 0.29) is 5.69 Å². The van der Waals surface area contributed by atoms with Gasteiger partial charge in [0.2, 0.25) is 0 Å². The normalized spacial score (nSPS) is 9.67. The van der Waals surface area contributed by atoms with E-state index in [0.717, 1.165) is 19.2 Å². The number of anilines is 1. The zero-order valence-corrected chi connectivity index (χ0v) is 9.63. The zero-order chi connectivity index (χ0) is 13.9. The van der Waals surface area contributed by atoms with Gasteiger partial charge in [-0.15, -0.1) is 0 Å². The predicted octanol–water partition coefficient (Wildman–Crippen LogP) is 2.33. The second-order valence-corrected chi connectivity index (χ2v) is 3.30. The van der Waals surface area contributed by atoms with Crippen LogP contribution in [0.15, 0.2) is 12.1 Å². The van der Waals surface area contributed by atoms with Crippen molar-refractivity contribution >= 4 is 34.8 Å². The SMILES string of the molecule is COC(=O)Nc1ccc([N+](=O)[O-])c(Cl)c1[N+](=O)[O-]. The molecular formula is C8H6ClN3O6. The minimum atomic E-state index is -0.956. The van der Waals surface area contributed by atoms with Gasteiger partial charge in [0.05, 0.1) is 17.0 Å². The topological polar surface area (TPSA) is 125 Å². The van der Waals surface area contributed by atoms with Crippen molar-refractivity contribution in [1.29, 1.82) is 0 Å². The smallest absolute Gasteiger partial charge is 0.411 e. The summed E-state index contributed by atoms with van der Waals surface area (Å²) in [5.41, 5.74) is -1.68. The molecule has 9 nitrogen and oxygen atoms in total. The molecule has 0 spiro atoms. The molecule has 96 valence electrons. The fraction of sp³-hybridized carbons (Fsp3) is 0.125. The molecule has 1 aromatic rings. The van der Waals surface area contributed by atoms with E-state index < -0.39 is 32.3 Å². The molecule has 1 N–H and O–H groups in total. The Morgan fingerprint density at radius 3 is 2.39 bits per heavy atom. The summed E-state index contributed by atoms with van der Waals surface area (Å²) >= 11 is 5.56. The van der Waals surface area contributed by atoms with Crippen molar-refractivity contribution < 1.29 is 19.4 Å². The van der Waals surface area contributed by atoms with Gasteiger partial charge in [0.15, 0.2) is 5.02 Å². The molecule has 0 aliphatic rings. The Morgan fingerprint density at radius 1 is 1.33 bits per heavy atom. The van der Waals surface area contributed by atoms with Gasteiger partial charge >= 0.3 is 11.8 Å². The Morgan fingerprint density at radius 2 is 1.94 bits per heavy atom. The van der Waals surface area contributed by atoms with Gasteiger partial charge in [0, 0.05) is 6.07 Å². The van der Waals surface area contributed by atoms with Crippen molar-refractivity contribution in [2.24, 2.45) is 0 Å². The van der Waals surface area contributed by atoms with Crippen LogP contribution in [0, 0.1) is 20.2 Å². The number of ether oxygens (including phenoxy) is 1. The van der Waals surface area contributed by atoms with Gasteiger partial charge in [-0.1, -0.05) is 11.6 Å². The van der Waals surface area contributed by atoms with Gasteiger partial charge in [-0.3, -0.25) is 25.5 Å². The number of nitrogens with one attached hydrogen (secondary N) is 1. The van der Waals surface area contributed by atoms with E-state index in [4.69, 9.17) is 11.6 Å². The molecular weight excluding hydrogens is 270 g/mol. The van der Waals surface area contributed by atoms with Crippen LogP contribution in [0.5, 0.6) is 0 Å². The van der Waals surface area contributed by atoms with E-state index in [1.165, 1.54) is 0 Å². The third kappa shape index (κ3) is 2.63. The van der Waals surface area contributed by atoms with Gasteiger partial charge in [-0.25, -0.2) is 4.79 Å². The molecule has 0 saturated carbocycles. The maximum absolute atomic E-state index is 11.0. The van der Waals surface area contributed by atoms with Gasteiger partial charge < -0.3 is 4.74 Å². The summed E-state index contributed by atoms with van der Waals surface area (Å²) in [6.45, 7) is 0. The van der Waals surface area contributed by atoms with Crippen LogP contribution in [0.3, 0.4) is 0 Å². The fourth-order valence-electron chi connectivity index (χ4n) is 1.14.